The molecule has 34 heavy (non-hydrogen) atoms. The van der Waals surface area contributed by atoms with Crippen LogP contribution in [0.25, 0.3) is 0 Å². The van der Waals surface area contributed by atoms with Gasteiger partial charge in [-0.2, -0.15) is 18.2 Å². The fourth-order valence-corrected chi connectivity index (χ4v) is 5.97. The van der Waals surface area contributed by atoms with Crippen molar-refractivity contribution >= 4 is 27.7 Å². The largest absolute Gasteiger partial charge is 0.493 e. The molecule has 0 aromatic heterocycles. The van der Waals surface area contributed by atoms with E-state index in [0.717, 1.165) is 28.2 Å². The van der Waals surface area contributed by atoms with Crippen LogP contribution in [0.2, 0.25) is 0 Å². The lowest BCUT2D eigenvalue weighted by Crippen LogP contribution is -2.49. The molecule has 8 nitrogen and oxygen atoms in total. The van der Waals surface area contributed by atoms with E-state index in [-0.39, 0.29) is 30.4 Å². The second-order valence-electron chi connectivity index (χ2n) is 8.60. The molecule has 2 N–H and O–H groups in total. The average Bonchev–Trinajstić information content (AvgIpc) is 3.64. The predicted octanol–water partition coefficient (Wildman–Crippen LogP) is 4.26. The number of benzene rings is 2. The van der Waals surface area contributed by atoms with Gasteiger partial charge in [-0.05, 0) is 35.7 Å². The van der Waals surface area contributed by atoms with E-state index in [4.69, 9.17) is 4.74 Å². The highest BCUT2D eigenvalue weighted by molar-refractivity contribution is 7.99. The first-order chi connectivity index (χ1) is 16.2. The Morgan fingerprint density at radius 1 is 1.21 bits per heavy atom. The zero-order valence-electron chi connectivity index (χ0n) is 19.2. The molecule has 2 aromatic carbocycles. The summed E-state index contributed by atoms with van der Waals surface area (Å²) in [5.74, 6) is 1.55. The maximum atomic E-state index is 12.5. The molecular formula is C24H29NO7S2. The zero-order chi connectivity index (χ0) is 24.4. The number of ether oxygens (including phenoxy) is 1. The van der Waals surface area contributed by atoms with Crippen LogP contribution in [-0.4, -0.2) is 41.8 Å². The summed E-state index contributed by atoms with van der Waals surface area (Å²) in [6.07, 6.45) is 1.61. The minimum absolute atomic E-state index is 0.0287. The Kier molecular flexibility index (Phi) is 7.37. The number of nitrogens with one attached hydrogen (secondary N) is 1. The van der Waals surface area contributed by atoms with Crippen LogP contribution in [0.5, 0.6) is 5.75 Å². The van der Waals surface area contributed by atoms with Crippen molar-refractivity contribution in [1.82, 2.24) is 5.32 Å². The van der Waals surface area contributed by atoms with Crippen molar-refractivity contribution in [2.24, 2.45) is 0 Å². The number of rotatable bonds is 10. The van der Waals surface area contributed by atoms with Crippen molar-refractivity contribution in [2.75, 3.05) is 12.4 Å². The molecule has 2 aromatic rings. The van der Waals surface area contributed by atoms with Crippen molar-refractivity contribution < 1.29 is 32.3 Å². The third kappa shape index (κ3) is 5.32. The highest BCUT2D eigenvalue weighted by Crippen LogP contribution is 2.42. The monoisotopic (exact) mass is 507 g/mol. The number of carbonyl (C=O) groups excluding carboxylic acids is 1. The molecule has 0 saturated carbocycles. The van der Waals surface area contributed by atoms with Gasteiger partial charge in [-0.1, -0.05) is 44.2 Å². The molecule has 2 aliphatic rings. The molecule has 1 saturated heterocycles. The Labute approximate surface area is 204 Å². The molecular weight excluding hydrogens is 478 g/mol. The number of hydrogen-bond acceptors (Lipinski definition) is 8. The topological polar surface area (TPSA) is 118 Å². The Bertz CT molecular complexity index is 1140. The number of hydrogen-bond donors (Lipinski definition) is 2. The van der Waals surface area contributed by atoms with E-state index >= 15 is 0 Å². The van der Waals surface area contributed by atoms with Crippen LogP contribution in [-0.2, 0) is 24.7 Å². The van der Waals surface area contributed by atoms with Crippen LogP contribution in [0.4, 0.5) is 0 Å². The minimum Gasteiger partial charge on any atom is -0.493 e. The molecule has 0 bridgehead atoms. The summed E-state index contributed by atoms with van der Waals surface area (Å²) in [7, 11) is -4.50. The van der Waals surface area contributed by atoms with Crippen LogP contribution in [0.3, 0.4) is 0 Å². The van der Waals surface area contributed by atoms with Crippen molar-refractivity contribution in [3.63, 3.8) is 0 Å². The van der Waals surface area contributed by atoms with Gasteiger partial charge in [0.25, 0.3) is 0 Å². The molecule has 1 fully saturated rings. The summed E-state index contributed by atoms with van der Waals surface area (Å²) in [4.78, 5) is 22.5. The lowest BCUT2D eigenvalue weighted by Gasteiger charge is -2.35. The molecule has 184 valence electrons. The number of carbonyl (C=O) groups is 1. The van der Waals surface area contributed by atoms with Crippen molar-refractivity contribution in [3.05, 3.63) is 59.7 Å². The summed E-state index contributed by atoms with van der Waals surface area (Å²) in [5.41, 5.74) is 1.76. The Morgan fingerprint density at radius 2 is 1.94 bits per heavy atom. The number of fused-ring (bicyclic) bond motifs is 1. The number of thioether (sulfide) groups is 1. The zero-order valence-corrected chi connectivity index (χ0v) is 20.8. The Hall–Kier alpha value is -1.95. The first-order valence-electron chi connectivity index (χ1n) is 11.3. The second kappa shape index (κ2) is 9.96. The molecule has 0 spiro atoms. The molecule has 0 aliphatic carbocycles. The van der Waals surface area contributed by atoms with Crippen molar-refractivity contribution in [1.29, 1.82) is 0 Å². The van der Waals surface area contributed by atoms with Crippen LogP contribution < -0.4 is 10.1 Å². The van der Waals surface area contributed by atoms with Crippen LogP contribution in [0, 0.1) is 0 Å². The molecule has 0 amide bonds. The van der Waals surface area contributed by atoms with Crippen LogP contribution >= 0.6 is 11.8 Å². The van der Waals surface area contributed by atoms with Gasteiger partial charge in [-0.3, -0.25) is 14.7 Å². The van der Waals surface area contributed by atoms with E-state index in [2.05, 4.69) is 34.1 Å². The van der Waals surface area contributed by atoms with Gasteiger partial charge in [0.2, 0.25) is 0 Å². The van der Waals surface area contributed by atoms with Gasteiger partial charge in [-0.25, -0.2) is 0 Å². The van der Waals surface area contributed by atoms with Gasteiger partial charge >= 0.3 is 15.2 Å². The van der Waals surface area contributed by atoms with E-state index in [0.29, 0.717) is 18.6 Å². The van der Waals surface area contributed by atoms with Gasteiger partial charge in [0.05, 0.1) is 19.1 Å². The van der Waals surface area contributed by atoms with E-state index in [1.807, 2.05) is 43.3 Å². The fourth-order valence-electron chi connectivity index (χ4n) is 4.10. The molecule has 10 heteroatoms. The van der Waals surface area contributed by atoms with Crippen LogP contribution in [0.15, 0.2) is 53.4 Å². The average molecular weight is 508 g/mol. The molecule has 2 aliphatic heterocycles. The Morgan fingerprint density at radius 3 is 2.56 bits per heavy atom. The number of ketones is 1. The smallest absolute Gasteiger partial charge is 0.359 e. The predicted molar refractivity (Wildman–Crippen MR) is 128 cm³/mol. The summed E-state index contributed by atoms with van der Waals surface area (Å²) >= 11 is 1.72. The van der Waals surface area contributed by atoms with Crippen LogP contribution in [0.1, 0.15) is 56.7 Å². The van der Waals surface area contributed by atoms with Gasteiger partial charge in [0.15, 0.2) is 0 Å². The molecule has 4 rings (SSSR count). The highest BCUT2D eigenvalue weighted by atomic mass is 32.2. The lowest BCUT2D eigenvalue weighted by molar-refractivity contribution is -0.120. The maximum Gasteiger partial charge on any atom is 0.359 e. The standard InChI is InChI=1S/C24H29NO7S2/c1-3-18(26)15-23(4-2)16-33-21-11-10-19(30-13-12-24(31-32-24)34(27,28)29)14-20(21)22(25-23)17-8-6-5-7-9-17/h5-11,14,22,25H,3-4,12-13,15-16H2,1-2H3,(H,27,28,29)/t22-,23-/m0/s1. The summed E-state index contributed by atoms with van der Waals surface area (Å²) in [6.45, 7) is 3.97. The van der Waals surface area contributed by atoms with Gasteiger partial charge < -0.3 is 4.74 Å². The summed E-state index contributed by atoms with van der Waals surface area (Å²) in [6, 6.07) is 15.7. The fraction of sp³-hybridized carbons (Fsp3) is 0.458. The normalized spacial score (nSPS) is 23.6. The Balaban J connectivity index is 1.61. The molecule has 2 heterocycles. The highest BCUT2D eigenvalue weighted by Gasteiger charge is 2.61. The molecule has 0 radical (unpaired) electrons. The third-order valence-corrected chi connectivity index (χ3v) is 8.83. The van der Waals surface area contributed by atoms with Gasteiger partial charge in [0.1, 0.15) is 11.5 Å². The number of Topliss-reactive ketones (excluding diaryl/α,β-unsaturated/α-hetero) is 1. The first kappa shape index (κ1) is 25.2. The van der Waals surface area contributed by atoms with Crippen molar-refractivity contribution in [2.45, 2.75) is 61.1 Å². The quantitative estimate of drug-likeness (QED) is 0.276. The van der Waals surface area contributed by atoms with E-state index in [9.17, 15) is 17.8 Å². The maximum absolute atomic E-state index is 12.5. The van der Waals surface area contributed by atoms with Gasteiger partial charge in [-0.15, -0.1) is 11.8 Å². The van der Waals surface area contributed by atoms with Gasteiger partial charge in [0, 0.05) is 29.0 Å². The minimum atomic E-state index is -4.50. The third-order valence-electron chi connectivity index (χ3n) is 6.33. The summed E-state index contributed by atoms with van der Waals surface area (Å²) in [5, 5.41) is 1.77. The first-order valence-corrected chi connectivity index (χ1v) is 13.7. The van der Waals surface area contributed by atoms with Crippen molar-refractivity contribution in [3.8, 4) is 5.75 Å². The molecule has 0 unspecified atom stereocenters. The summed E-state index contributed by atoms with van der Waals surface area (Å²) < 4.78 is 37.8. The van der Waals surface area contributed by atoms with E-state index in [1.54, 1.807) is 11.8 Å². The second-order valence-corrected chi connectivity index (χ2v) is 11.2. The SMILES string of the molecule is CCC(=O)C[C@@]1(CC)CSc2ccc(OCCC3(S(=O)(=O)O)OO3)cc2[C@H](c2ccccc2)N1. The van der Waals surface area contributed by atoms with E-state index < -0.39 is 15.2 Å². The van der Waals surface area contributed by atoms with E-state index in [1.165, 1.54) is 0 Å². The lowest BCUT2D eigenvalue weighted by atomic mass is 9.87. The molecule has 2 atom stereocenters.